The molecule has 0 saturated heterocycles. The minimum Gasteiger partial charge on any atom is -0.360 e. The summed E-state index contributed by atoms with van der Waals surface area (Å²) in [6.45, 7) is 1.51. The van der Waals surface area contributed by atoms with E-state index in [9.17, 15) is 8.42 Å². The maximum Gasteiger partial charge on any atom is 0.267 e. The van der Waals surface area contributed by atoms with Crippen LogP contribution in [0.2, 0.25) is 0 Å². The first kappa shape index (κ1) is 11.2. The van der Waals surface area contributed by atoms with Crippen LogP contribution >= 0.6 is 10.7 Å². The lowest BCUT2D eigenvalue weighted by molar-refractivity contribution is 0.396. The summed E-state index contributed by atoms with van der Waals surface area (Å²) in [6.07, 6.45) is 0. The zero-order chi connectivity index (χ0) is 11.8. The Bertz CT molecular complexity index is 604. The summed E-state index contributed by atoms with van der Waals surface area (Å²) in [5, 5.41) is 3.71. The van der Waals surface area contributed by atoms with Gasteiger partial charge in [-0.25, -0.2) is 8.42 Å². The molecule has 0 aliphatic carbocycles. The van der Waals surface area contributed by atoms with Crippen molar-refractivity contribution in [1.29, 1.82) is 0 Å². The second-order valence-electron chi connectivity index (χ2n) is 3.22. The highest BCUT2D eigenvalue weighted by Crippen LogP contribution is 2.31. The van der Waals surface area contributed by atoms with Crippen molar-refractivity contribution in [2.24, 2.45) is 0 Å². The molecular weight excluding hydrogens is 250 g/mol. The molecule has 1 aromatic carbocycles. The Labute approximate surface area is 97.3 Å². The lowest BCUT2D eigenvalue weighted by Gasteiger charge is -1.97. The molecule has 0 fully saturated rings. The topological polar surface area (TPSA) is 60.2 Å². The molecule has 0 N–H and O–H groups in total. The number of aryl methyl sites for hydroxylation is 1. The van der Waals surface area contributed by atoms with Gasteiger partial charge < -0.3 is 4.52 Å². The Morgan fingerprint density at radius 1 is 1.25 bits per heavy atom. The highest BCUT2D eigenvalue weighted by Gasteiger charge is 2.24. The monoisotopic (exact) mass is 257 g/mol. The van der Waals surface area contributed by atoms with Gasteiger partial charge in [0, 0.05) is 16.2 Å². The number of hydrogen-bond acceptors (Lipinski definition) is 4. The molecule has 0 spiro atoms. The molecule has 6 heteroatoms. The van der Waals surface area contributed by atoms with E-state index in [-0.39, 0.29) is 16.3 Å². The first-order chi connectivity index (χ1) is 7.50. The molecule has 0 bridgehead atoms. The van der Waals surface area contributed by atoms with Crippen LogP contribution in [-0.2, 0) is 9.05 Å². The predicted octanol–water partition coefficient (Wildman–Crippen LogP) is 2.58. The molecule has 0 radical (unpaired) electrons. The fraction of sp³-hybridized carbons (Fsp3) is 0.100. The average molecular weight is 258 g/mol. The van der Waals surface area contributed by atoms with E-state index in [4.69, 9.17) is 15.2 Å². The van der Waals surface area contributed by atoms with Gasteiger partial charge in [0.2, 0.25) is 0 Å². The highest BCUT2D eigenvalue weighted by atomic mass is 35.7. The van der Waals surface area contributed by atoms with Crippen LogP contribution in [0.5, 0.6) is 0 Å². The zero-order valence-electron chi connectivity index (χ0n) is 8.34. The van der Waals surface area contributed by atoms with E-state index in [1.54, 1.807) is 24.3 Å². The summed E-state index contributed by atoms with van der Waals surface area (Å²) < 4.78 is 27.6. The van der Waals surface area contributed by atoms with Crippen LogP contribution in [0, 0.1) is 6.92 Å². The number of halogens is 1. The lowest BCUT2D eigenvalue weighted by Crippen LogP contribution is -1.94. The van der Waals surface area contributed by atoms with E-state index >= 15 is 0 Å². The first-order valence-electron chi connectivity index (χ1n) is 4.46. The molecule has 16 heavy (non-hydrogen) atoms. The van der Waals surface area contributed by atoms with Crippen molar-refractivity contribution in [2.75, 3.05) is 0 Å². The molecule has 1 aromatic heterocycles. The Balaban J connectivity index is 2.69. The van der Waals surface area contributed by atoms with E-state index in [0.29, 0.717) is 5.56 Å². The van der Waals surface area contributed by atoms with Crippen molar-refractivity contribution in [3.05, 3.63) is 36.1 Å². The van der Waals surface area contributed by atoms with Gasteiger partial charge in [0.05, 0.1) is 0 Å². The molecule has 84 valence electrons. The fourth-order valence-corrected chi connectivity index (χ4v) is 2.74. The van der Waals surface area contributed by atoms with Crippen LogP contribution < -0.4 is 0 Å². The molecule has 4 nitrogen and oxygen atoms in total. The maximum atomic E-state index is 11.4. The Morgan fingerprint density at radius 3 is 2.44 bits per heavy atom. The van der Waals surface area contributed by atoms with Crippen LogP contribution in [0.3, 0.4) is 0 Å². The Kier molecular flexibility index (Phi) is 2.73. The van der Waals surface area contributed by atoms with Crippen LogP contribution in [-0.4, -0.2) is 13.6 Å². The molecule has 0 amide bonds. The molecule has 1 heterocycles. The van der Waals surface area contributed by atoms with Crippen molar-refractivity contribution < 1.29 is 12.9 Å². The third-order valence-corrected chi connectivity index (χ3v) is 3.53. The number of hydrogen-bond donors (Lipinski definition) is 0. The third kappa shape index (κ3) is 1.96. The summed E-state index contributed by atoms with van der Waals surface area (Å²) in [6, 6.07) is 8.87. The fourth-order valence-electron chi connectivity index (χ4n) is 1.43. The van der Waals surface area contributed by atoms with Crippen molar-refractivity contribution in [2.45, 2.75) is 11.8 Å². The Hall–Kier alpha value is -1.33. The normalized spacial score (nSPS) is 11.6. The third-order valence-electron chi connectivity index (χ3n) is 2.10. The summed E-state index contributed by atoms with van der Waals surface area (Å²) in [5.41, 5.74) is 0.895. The van der Waals surface area contributed by atoms with Gasteiger partial charge in [0.25, 0.3) is 9.05 Å². The quantitative estimate of drug-likeness (QED) is 0.776. The molecule has 0 aliphatic rings. The molecule has 0 aliphatic heterocycles. The van der Waals surface area contributed by atoms with Crippen LogP contribution in [0.15, 0.2) is 39.8 Å². The van der Waals surface area contributed by atoms with Gasteiger partial charge in [-0.1, -0.05) is 35.5 Å². The second kappa shape index (κ2) is 3.92. The van der Waals surface area contributed by atoms with Gasteiger partial charge in [-0.05, 0) is 6.92 Å². The van der Waals surface area contributed by atoms with Crippen LogP contribution in [0.1, 0.15) is 5.76 Å². The molecule has 0 atom stereocenters. The molecular formula is C10H8ClNO3S. The molecule has 0 saturated carbocycles. The summed E-state index contributed by atoms with van der Waals surface area (Å²) in [7, 11) is 1.48. The minimum absolute atomic E-state index is 0.0691. The van der Waals surface area contributed by atoms with E-state index in [0.717, 1.165) is 0 Å². The standard InChI is InChI=1S/C10H8ClNO3S/c1-7-10(16(11,13)14)9(12-15-7)8-5-3-2-4-6-8/h2-6H,1H3. The van der Waals surface area contributed by atoms with Gasteiger partial charge >= 0.3 is 0 Å². The number of benzene rings is 1. The van der Waals surface area contributed by atoms with E-state index < -0.39 is 9.05 Å². The largest absolute Gasteiger partial charge is 0.360 e. The molecule has 2 aromatic rings. The smallest absolute Gasteiger partial charge is 0.267 e. The van der Waals surface area contributed by atoms with Gasteiger partial charge in [-0.3, -0.25) is 0 Å². The average Bonchev–Trinajstić information content (AvgIpc) is 2.61. The number of rotatable bonds is 2. The zero-order valence-corrected chi connectivity index (χ0v) is 9.92. The minimum atomic E-state index is -3.85. The number of aromatic nitrogens is 1. The van der Waals surface area contributed by atoms with E-state index in [1.165, 1.54) is 6.92 Å². The summed E-state index contributed by atoms with van der Waals surface area (Å²) in [5.74, 6) is 0.189. The van der Waals surface area contributed by atoms with E-state index in [1.807, 2.05) is 6.07 Å². The highest BCUT2D eigenvalue weighted by molar-refractivity contribution is 8.13. The number of nitrogens with zero attached hydrogens (tertiary/aromatic N) is 1. The SMILES string of the molecule is Cc1onc(-c2ccccc2)c1S(=O)(=O)Cl. The van der Waals surface area contributed by atoms with Crippen LogP contribution in [0.4, 0.5) is 0 Å². The van der Waals surface area contributed by atoms with Gasteiger partial charge in [-0.2, -0.15) is 0 Å². The Morgan fingerprint density at radius 2 is 1.88 bits per heavy atom. The van der Waals surface area contributed by atoms with E-state index in [2.05, 4.69) is 5.16 Å². The van der Waals surface area contributed by atoms with Gasteiger partial charge in [0.15, 0.2) is 10.7 Å². The van der Waals surface area contributed by atoms with Crippen molar-refractivity contribution in [3.63, 3.8) is 0 Å². The predicted molar refractivity (Wildman–Crippen MR) is 59.7 cm³/mol. The van der Waals surface area contributed by atoms with Crippen molar-refractivity contribution in [3.8, 4) is 11.3 Å². The summed E-state index contributed by atoms with van der Waals surface area (Å²) in [4.78, 5) is -0.0691. The molecule has 0 unspecified atom stereocenters. The second-order valence-corrected chi connectivity index (χ2v) is 5.72. The van der Waals surface area contributed by atoms with Crippen molar-refractivity contribution >= 4 is 19.7 Å². The lowest BCUT2D eigenvalue weighted by atomic mass is 10.1. The van der Waals surface area contributed by atoms with Crippen molar-refractivity contribution in [1.82, 2.24) is 5.16 Å². The van der Waals surface area contributed by atoms with Gasteiger partial charge in [-0.15, -0.1) is 0 Å². The van der Waals surface area contributed by atoms with Gasteiger partial charge in [0.1, 0.15) is 5.69 Å². The first-order valence-corrected chi connectivity index (χ1v) is 6.77. The van der Waals surface area contributed by atoms with Crippen LogP contribution in [0.25, 0.3) is 11.3 Å². The summed E-state index contributed by atoms with van der Waals surface area (Å²) >= 11 is 0. The maximum absolute atomic E-state index is 11.4. The molecule has 2 rings (SSSR count).